The molecule has 3 rings (SSSR count). The second kappa shape index (κ2) is 6.74. The van der Waals surface area contributed by atoms with Gasteiger partial charge in [0.15, 0.2) is 16.6 Å². The summed E-state index contributed by atoms with van der Waals surface area (Å²) < 4.78 is 1.82. The number of pyridine rings is 2. The Kier molecular flexibility index (Phi) is 4.70. The minimum Gasteiger partial charge on any atom is -0.308 e. The summed E-state index contributed by atoms with van der Waals surface area (Å²) in [5.41, 5.74) is 0.727. The average molecular weight is 368 g/mol. The molecule has 0 spiro atoms. The van der Waals surface area contributed by atoms with Gasteiger partial charge in [-0.2, -0.15) is 0 Å². The molecule has 0 aromatic carbocycles. The van der Waals surface area contributed by atoms with Crippen molar-refractivity contribution >= 4 is 52.3 Å². The average Bonchev–Trinajstić information content (AvgIpc) is 2.93. The highest BCUT2D eigenvalue weighted by Gasteiger charge is 2.19. The molecule has 6 nitrogen and oxygen atoms in total. The van der Waals surface area contributed by atoms with Crippen molar-refractivity contribution in [1.29, 1.82) is 0 Å². The summed E-state index contributed by atoms with van der Waals surface area (Å²) in [6.45, 7) is 1.77. The third-order valence-corrected chi connectivity index (χ3v) is 4.53. The van der Waals surface area contributed by atoms with E-state index in [4.69, 9.17) is 23.2 Å². The number of rotatable bonds is 4. The monoisotopic (exact) mass is 367 g/mol. The predicted molar refractivity (Wildman–Crippen MR) is 91.2 cm³/mol. The van der Waals surface area contributed by atoms with E-state index in [0.29, 0.717) is 10.2 Å². The smallest absolute Gasteiger partial charge is 0.238 e. The first-order valence-corrected chi connectivity index (χ1v) is 8.26. The SMILES string of the molecule is C[C@H](Sc1nnc2ccccn12)C(=O)Nc1ncc(Cl)cc1Cl. The fourth-order valence-electron chi connectivity index (χ4n) is 1.84. The Morgan fingerprint density at radius 2 is 2.17 bits per heavy atom. The molecule has 1 atom stereocenters. The third kappa shape index (κ3) is 3.57. The molecule has 0 unspecified atom stereocenters. The standard InChI is InChI=1S/C14H11Cl2N5OS/c1-8(13(22)18-12-10(16)6-9(15)7-17-12)23-14-20-19-11-4-2-3-5-21(11)14/h2-8H,1H3,(H,17,18,22)/t8-/m0/s1. The Labute approximate surface area is 146 Å². The fraction of sp³-hybridized carbons (Fsp3) is 0.143. The van der Waals surface area contributed by atoms with Crippen LogP contribution in [0.3, 0.4) is 0 Å². The van der Waals surface area contributed by atoms with Gasteiger partial charge >= 0.3 is 0 Å². The maximum Gasteiger partial charge on any atom is 0.238 e. The van der Waals surface area contributed by atoms with E-state index in [-0.39, 0.29) is 16.7 Å². The van der Waals surface area contributed by atoms with Gasteiger partial charge in [-0.25, -0.2) is 4.98 Å². The van der Waals surface area contributed by atoms with Crippen molar-refractivity contribution in [3.8, 4) is 0 Å². The number of hydrogen-bond donors (Lipinski definition) is 1. The van der Waals surface area contributed by atoms with Crippen LogP contribution in [0.1, 0.15) is 6.92 Å². The fourth-order valence-corrected chi connectivity index (χ4v) is 3.10. The normalized spacial score (nSPS) is 12.3. The Balaban J connectivity index is 1.72. The van der Waals surface area contributed by atoms with Crippen LogP contribution in [0.2, 0.25) is 10.0 Å². The number of nitrogens with one attached hydrogen (secondary N) is 1. The predicted octanol–water partition coefficient (Wildman–Crippen LogP) is 3.55. The highest BCUT2D eigenvalue weighted by molar-refractivity contribution is 8.00. The lowest BCUT2D eigenvalue weighted by Crippen LogP contribution is -2.23. The lowest BCUT2D eigenvalue weighted by Gasteiger charge is -2.11. The Bertz CT molecular complexity index is 869. The van der Waals surface area contributed by atoms with Crippen LogP contribution in [0, 0.1) is 0 Å². The molecule has 0 saturated carbocycles. The van der Waals surface area contributed by atoms with Crippen molar-refractivity contribution in [3.63, 3.8) is 0 Å². The van der Waals surface area contributed by atoms with Gasteiger partial charge in [0.25, 0.3) is 0 Å². The molecule has 118 valence electrons. The molecule has 0 radical (unpaired) electrons. The summed E-state index contributed by atoms with van der Waals surface area (Å²) in [5.74, 6) is 0.0408. The highest BCUT2D eigenvalue weighted by atomic mass is 35.5. The molecule has 0 aliphatic rings. The zero-order valence-corrected chi connectivity index (χ0v) is 14.2. The van der Waals surface area contributed by atoms with Crippen LogP contribution >= 0.6 is 35.0 Å². The molecular weight excluding hydrogens is 357 g/mol. The van der Waals surface area contributed by atoms with E-state index < -0.39 is 5.25 Å². The number of aromatic nitrogens is 4. The van der Waals surface area contributed by atoms with E-state index >= 15 is 0 Å². The van der Waals surface area contributed by atoms with Crippen LogP contribution in [0.5, 0.6) is 0 Å². The van der Waals surface area contributed by atoms with E-state index in [1.807, 2.05) is 28.8 Å². The van der Waals surface area contributed by atoms with Crippen molar-refractivity contribution in [3.05, 3.63) is 46.7 Å². The van der Waals surface area contributed by atoms with E-state index in [9.17, 15) is 4.79 Å². The molecule has 1 amide bonds. The number of carbonyl (C=O) groups excluding carboxylic acids is 1. The Morgan fingerprint density at radius 1 is 1.35 bits per heavy atom. The van der Waals surface area contributed by atoms with Gasteiger partial charge in [-0.15, -0.1) is 10.2 Å². The van der Waals surface area contributed by atoms with Crippen molar-refractivity contribution in [1.82, 2.24) is 19.6 Å². The minimum atomic E-state index is -0.406. The first kappa shape index (κ1) is 16.0. The van der Waals surface area contributed by atoms with Gasteiger partial charge in [0.1, 0.15) is 0 Å². The van der Waals surface area contributed by atoms with Gasteiger partial charge in [-0.3, -0.25) is 9.20 Å². The number of halogens is 2. The molecule has 23 heavy (non-hydrogen) atoms. The van der Waals surface area contributed by atoms with E-state index in [1.54, 1.807) is 6.92 Å². The molecule has 0 aliphatic heterocycles. The zero-order chi connectivity index (χ0) is 16.4. The van der Waals surface area contributed by atoms with E-state index in [1.165, 1.54) is 24.0 Å². The second-order valence-corrected chi connectivity index (χ2v) is 6.80. The molecule has 3 aromatic rings. The van der Waals surface area contributed by atoms with Gasteiger partial charge in [-0.05, 0) is 25.1 Å². The molecule has 3 aromatic heterocycles. The first-order chi connectivity index (χ1) is 11.0. The number of thioether (sulfide) groups is 1. The van der Waals surface area contributed by atoms with Gasteiger partial charge in [0.05, 0.1) is 15.3 Å². The van der Waals surface area contributed by atoms with Crippen molar-refractivity contribution in [2.24, 2.45) is 0 Å². The summed E-state index contributed by atoms with van der Waals surface area (Å²) >= 11 is 13.1. The van der Waals surface area contributed by atoms with E-state index in [2.05, 4.69) is 20.5 Å². The highest BCUT2D eigenvalue weighted by Crippen LogP contribution is 2.26. The second-order valence-electron chi connectivity index (χ2n) is 4.64. The molecule has 3 heterocycles. The Hall–Kier alpha value is -1.83. The number of amides is 1. The minimum absolute atomic E-state index is 0.237. The van der Waals surface area contributed by atoms with Crippen molar-refractivity contribution in [2.45, 2.75) is 17.3 Å². The van der Waals surface area contributed by atoms with Gasteiger partial charge in [0.2, 0.25) is 5.91 Å². The van der Waals surface area contributed by atoms with Crippen molar-refractivity contribution in [2.75, 3.05) is 5.32 Å². The van der Waals surface area contributed by atoms with Crippen LogP contribution in [-0.4, -0.2) is 30.7 Å². The summed E-state index contributed by atoms with van der Waals surface area (Å²) in [5, 5.41) is 11.7. The maximum atomic E-state index is 12.3. The summed E-state index contributed by atoms with van der Waals surface area (Å²) in [4.78, 5) is 16.3. The number of fused-ring (bicyclic) bond motifs is 1. The lowest BCUT2D eigenvalue weighted by molar-refractivity contribution is -0.115. The largest absolute Gasteiger partial charge is 0.308 e. The Morgan fingerprint density at radius 3 is 2.96 bits per heavy atom. The van der Waals surface area contributed by atoms with Gasteiger partial charge < -0.3 is 5.32 Å². The number of anilines is 1. The molecule has 0 bridgehead atoms. The lowest BCUT2D eigenvalue weighted by atomic mass is 10.4. The zero-order valence-electron chi connectivity index (χ0n) is 11.9. The first-order valence-electron chi connectivity index (χ1n) is 6.63. The summed E-state index contributed by atoms with van der Waals surface area (Å²) in [7, 11) is 0. The van der Waals surface area contributed by atoms with Crippen LogP contribution in [0.15, 0.2) is 41.8 Å². The molecule has 0 saturated heterocycles. The van der Waals surface area contributed by atoms with E-state index in [0.717, 1.165) is 5.65 Å². The molecular formula is C14H11Cl2N5OS. The van der Waals surface area contributed by atoms with Crippen LogP contribution < -0.4 is 5.32 Å². The summed E-state index contributed by atoms with van der Waals surface area (Å²) in [6, 6.07) is 7.13. The van der Waals surface area contributed by atoms with Gasteiger partial charge in [-0.1, -0.05) is 41.0 Å². The van der Waals surface area contributed by atoms with Crippen LogP contribution in [0.4, 0.5) is 5.82 Å². The number of carbonyl (C=O) groups is 1. The van der Waals surface area contributed by atoms with Crippen LogP contribution in [0.25, 0.3) is 5.65 Å². The molecule has 9 heteroatoms. The molecule has 0 fully saturated rings. The quantitative estimate of drug-likeness (QED) is 0.713. The van der Waals surface area contributed by atoms with Crippen LogP contribution in [-0.2, 0) is 4.79 Å². The third-order valence-electron chi connectivity index (χ3n) is 2.98. The summed E-state index contributed by atoms with van der Waals surface area (Å²) in [6.07, 6.45) is 3.27. The molecule has 0 aliphatic carbocycles. The number of nitrogens with zero attached hydrogens (tertiary/aromatic N) is 4. The molecule has 1 N–H and O–H groups in total. The topological polar surface area (TPSA) is 72.2 Å². The maximum absolute atomic E-state index is 12.3. The van der Waals surface area contributed by atoms with Gasteiger partial charge in [0, 0.05) is 12.4 Å². The van der Waals surface area contributed by atoms with Crippen molar-refractivity contribution < 1.29 is 4.79 Å². The number of hydrogen-bond acceptors (Lipinski definition) is 5.